The maximum absolute atomic E-state index is 11.4. The molecule has 1 heterocycles. The van der Waals surface area contributed by atoms with Gasteiger partial charge in [0.05, 0.1) is 6.54 Å². The minimum atomic E-state index is -0.00277. The summed E-state index contributed by atoms with van der Waals surface area (Å²) in [5.74, 6) is 1.21. The van der Waals surface area contributed by atoms with Crippen molar-refractivity contribution >= 4 is 11.9 Å². The van der Waals surface area contributed by atoms with Crippen LogP contribution in [-0.2, 0) is 4.79 Å². The van der Waals surface area contributed by atoms with Gasteiger partial charge < -0.3 is 10.6 Å². The van der Waals surface area contributed by atoms with Crippen LogP contribution >= 0.6 is 0 Å². The molecule has 1 amide bonds. The number of nitrogens with one attached hydrogen (secondary N) is 2. The molecule has 1 aromatic rings. The Hall–Kier alpha value is -1.65. The van der Waals surface area contributed by atoms with E-state index in [4.69, 9.17) is 0 Å². The van der Waals surface area contributed by atoms with Crippen LogP contribution in [0.4, 0.5) is 5.95 Å². The maximum Gasteiger partial charge on any atom is 0.239 e. The van der Waals surface area contributed by atoms with Crippen LogP contribution in [0.25, 0.3) is 0 Å². The van der Waals surface area contributed by atoms with Gasteiger partial charge in [0.2, 0.25) is 11.9 Å². The van der Waals surface area contributed by atoms with E-state index < -0.39 is 0 Å². The number of carbonyl (C=O) groups excluding carboxylic acids is 1. The van der Waals surface area contributed by atoms with E-state index in [9.17, 15) is 4.79 Å². The van der Waals surface area contributed by atoms with Gasteiger partial charge >= 0.3 is 0 Å². The second kappa shape index (κ2) is 4.92. The van der Waals surface area contributed by atoms with Crippen LogP contribution in [0.3, 0.4) is 0 Å². The van der Waals surface area contributed by atoms with Gasteiger partial charge in [0.1, 0.15) is 0 Å². The average Bonchev–Trinajstić information content (AvgIpc) is 3.07. The average molecular weight is 220 g/mol. The third kappa shape index (κ3) is 3.49. The fraction of sp³-hybridized carbons (Fsp3) is 0.545. The van der Waals surface area contributed by atoms with Gasteiger partial charge in [0.25, 0.3) is 0 Å². The Balaban J connectivity index is 1.71. The van der Waals surface area contributed by atoms with E-state index in [0.717, 1.165) is 12.2 Å². The van der Waals surface area contributed by atoms with E-state index in [0.29, 0.717) is 11.9 Å². The molecular formula is C11H16N4O. The molecule has 16 heavy (non-hydrogen) atoms. The van der Waals surface area contributed by atoms with E-state index in [1.54, 1.807) is 6.20 Å². The summed E-state index contributed by atoms with van der Waals surface area (Å²) in [5, 5.41) is 5.77. The molecule has 1 aromatic heterocycles. The SMILES string of the molecule is Cc1ccnc(NCC(=O)NCC2CC2)n1. The van der Waals surface area contributed by atoms with Crippen molar-refractivity contribution in [3.63, 3.8) is 0 Å². The van der Waals surface area contributed by atoms with Crippen LogP contribution in [0.5, 0.6) is 0 Å². The quantitative estimate of drug-likeness (QED) is 0.767. The molecule has 1 aliphatic rings. The first-order valence-electron chi connectivity index (χ1n) is 5.54. The number of carbonyl (C=O) groups is 1. The molecule has 5 nitrogen and oxygen atoms in total. The van der Waals surface area contributed by atoms with Gasteiger partial charge in [0, 0.05) is 18.4 Å². The summed E-state index contributed by atoms with van der Waals surface area (Å²) in [7, 11) is 0. The van der Waals surface area contributed by atoms with Crippen molar-refractivity contribution in [3.8, 4) is 0 Å². The first-order valence-corrected chi connectivity index (χ1v) is 5.54. The molecule has 2 N–H and O–H groups in total. The van der Waals surface area contributed by atoms with Gasteiger partial charge in [0.15, 0.2) is 0 Å². The molecule has 1 aliphatic carbocycles. The monoisotopic (exact) mass is 220 g/mol. The van der Waals surface area contributed by atoms with Crippen molar-refractivity contribution in [1.29, 1.82) is 0 Å². The Morgan fingerprint density at radius 2 is 2.38 bits per heavy atom. The van der Waals surface area contributed by atoms with Crippen LogP contribution < -0.4 is 10.6 Å². The smallest absolute Gasteiger partial charge is 0.239 e. The largest absolute Gasteiger partial charge is 0.354 e. The summed E-state index contributed by atoms with van der Waals surface area (Å²) >= 11 is 0. The second-order valence-electron chi connectivity index (χ2n) is 4.12. The van der Waals surface area contributed by atoms with Crippen molar-refractivity contribution in [2.45, 2.75) is 19.8 Å². The lowest BCUT2D eigenvalue weighted by Crippen LogP contribution is -2.31. The van der Waals surface area contributed by atoms with E-state index in [1.165, 1.54) is 12.8 Å². The van der Waals surface area contributed by atoms with Crippen LogP contribution in [0.1, 0.15) is 18.5 Å². The van der Waals surface area contributed by atoms with Gasteiger partial charge in [-0.1, -0.05) is 0 Å². The van der Waals surface area contributed by atoms with E-state index in [1.807, 2.05) is 13.0 Å². The van der Waals surface area contributed by atoms with E-state index >= 15 is 0 Å². The highest BCUT2D eigenvalue weighted by Gasteiger charge is 2.21. The predicted molar refractivity (Wildman–Crippen MR) is 61.0 cm³/mol. The Bertz CT molecular complexity index is 376. The predicted octanol–water partition coefficient (Wildman–Crippen LogP) is 0.723. The molecule has 1 fully saturated rings. The Labute approximate surface area is 94.7 Å². The van der Waals surface area contributed by atoms with Crippen LogP contribution in [0.15, 0.2) is 12.3 Å². The zero-order valence-electron chi connectivity index (χ0n) is 9.36. The minimum Gasteiger partial charge on any atom is -0.354 e. The van der Waals surface area contributed by atoms with Crippen LogP contribution in [0.2, 0.25) is 0 Å². The zero-order chi connectivity index (χ0) is 11.4. The standard InChI is InChI=1S/C11H16N4O/c1-8-4-5-12-11(15-8)14-7-10(16)13-6-9-2-3-9/h4-5,9H,2-3,6-7H2,1H3,(H,13,16)(H,12,14,15). The number of amides is 1. The lowest BCUT2D eigenvalue weighted by Gasteiger charge is -2.05. The van der Waals surface area contributed by atoms with Gasteiger partial charge in [-0.25, -0.2) is 9.97 Å². The minimum absolute atomic E-state index is 0.00277. The Morgan fingerprint density at radius 3 is 3.06 bits per heavy atom. The molecule has 0 aliphatic heterocycles. The third-order valence-corrected chi connectivity index (χ3v) is 2.49. The highest BCUT2D eigenvalue weighted by molar-refractivity contribution is 5.80. The van der Waals surface area contributed by atoms with Crippen LogP contribution in [0, 0.1) is 12.8 Å². The molecule has 0 aromatic carbocycles. The summed E-state index contributed by atoms with van der Waals surface area (Å²) < 4.78 is 0. The van der Waals surface area contributed by atoms with Gasteiger partial charge in [-0.3, -0.25) is 4.79 Å². The summed E-state index contributed by atoms with van der Waals surface area (Å²) in [6, 6.07) is 1.82. The molecule has 0 bridgehead atoms. The van der Waals surface area contributed by atoms with Crippen molar-refractivity contribution < 1.29 is 4.79 Å². The molecule has 5 heteroatoms. The van der Waals surface area contributed by atoms with Crippen molar-refractivity contribution in [1.82, 2.24) is 15.3 Å². The first-order chi connectivity index (χ1) is 7.74. The number of hydrogen-bond donors (Lipinski definition) is 2. The van der Waals surface area contributed by atoms with Gasteiger partial charge in [-0.05, 0) is 31.7 Å². The van der Waals surface area contributed by atoms with E-state index in [-0.39, 0.29) is 12.5 Å². The van der Waals surface area contributed by atoms with Gasteiger partial charge in [-0.2, -0.15) is 0 Å². The fourth-order valence-electron chi connectivity index (χ4n) is 1.34. The topological polar surface area (TPSA) is 66.9 Å². The molecule has 0 unspecified atom stereocenters. The van der Waals surface area contributed by atoms with Crippen molar-refractivity contribution in [3.05, 3.63) is 18.0 Å². The third-order valence-electron chi connectivity index (χ3n) is 2.49. The zero-order valence-corrected chi connectivity index (χ0v) is 9.36. The van der Waals surface area contributed by atoms with Crippen LogP contribution in [-0.4, -0.2) is 29.0 Å². The summed E-state index contributed by atoms with van der Waals surface area (Å²) in [5.41, 5.74) is 0.885. The van der Waals surface area contributed by atoms with E-state index in [2.05, 4.69) is 20.6 Å². The Morgan fingerprint density at radius 1 is 1.56 bits per heavy atom. The maximum atomic E-state index is 11.4. The second-order valence-corrected chi connectivity index (χ2v) is 4.12. The van der Waals surface area contributed by atoms with Crippen molar-refractivity contribution in [2.75, 3.05) is 18.4 Å². The summed E-state index contributed by atoms with van der Waals surface area (Å²) in [4.78, 5) is 19.6. The Kier molecular flexibility index (Phi) is 3.34. The lowest BCUT2D eigenvalue weighted by atomic mass is 10.4. The summed E-state index contributed by atoms with van der Waals surface area (Å²) in [6.45, 7) is 2.92. The molecule has 0 atom stereocenters. The highest BCUT2D eigenvalue weighted by Crippen LogP contribution is 2.27. The number of hydrogen-bond acceptors (Lipinski definition) is 4. The molecule has 0 saturated heterocycles. The number of nitrogens with zero attached hydrogens (tertiary/aromatic N) is 2. The summed E-state index contributed by atoms with van der Waals surface area (Å²) in [6.07, 6.45) is 4.16. The number of aryl methyl sites for hydroxylation is 1. The lowest BCUT2D eigenvalue weighted by molar-refractivity contribution is -0.119. The molecule has 2 rings (SSSR count). The first kappa shape index (κ1) is 10.9. The fourth-order valence-corrected chi connectivity index (χ4v) is 1.34. The van der Waals surface area contributed by atoms with Crippen molar-refractivity contribution in [2.24, 2.45) is 5.92 Å². The number of rotatable bonds is 5. The molecule has 86 valence electrons. The molecule has 1 saturated carbocycles. The van der Waals surface area contributed by atoms with Gasteiger partial charge in [-0.15, -0.1) is 0 Å². The molecular weight excluding hydrogens is 204 g/mol. The molecule has 0 radical (unpaired) electrons. The number of aromatic nitrogens is 2. The highest BCUT2D eigenvalue weighted by atomic mass is 16.1. The number of anilines is 1. The molecule has 0 spiro atoms. The normalized spacial score (nSPS) is 14.6.